The maximum Gasteiger partial charge on any atom is 0.0920 e. The topological polar surface area (TPSA) is 56.1 Å². The fourth-order valence-corrected chi connectivity index (χ4v) is 2.99. The Morgan fingerprint density at radius 3 is 3.00 bits per heavy atom. The van der Waals surface area contributed by atoms with E-state index in [1.807, 2.05) is 31.8 Å². The van der Waals surface area contributed by atoms with E-state index >= 15 is 0 Å². The summed E-state index contributed by atoms with van der Waals surface area (Å²) in [6.07, 6.45) is 9.90. The third-order valence-electron chi connectivity index (χ3n) is 4.19. The zero-order valence-electron chi connectivity index (χ0n) is 13.3. The van der Waals surface area contributed by atoms with Crippen molar-refractivity contribution >= 4 is 0 Å². The lowest BCUT2D eigenvalue weighted by Crippen LogP contribution is -2.36. The average Bonchev–Trinajstić information content (AvgIpc) is 3.00. The molecule has 1 atom stereocenters. The van der Waals surface area contributed by atoms with Gasteiger partial charge in [0.25, 0.3) is 0 Å². The van der Waals surface area contributed by atoms with Crippen molar-refractivity contribution in [3.8, 4) is 11.3 Å². The molecule has 22 heavy (non-hydrogen) atoms. The zero-order chi connectivity index (χ0) is 15.4. The lowest BCUT2D eigenvalue weighted by atomic mass is 9.95. The van der Waals surface area contributed by atoms with Crippen LogP contribution in [0.15, 0.2) is 24.8 Å². The van der Waals surface area contributed by atoms with Crippen molar-refractivity contribution < 1.29 is 4.74 Å². The molecule has 0 saturated carbocycles. The molecule has 0 spiro atoms. The highest BCUT2D eigenvalue weighted by Crippen LogP contribution is 2.26. The van der Waals surface area contributed by atoms with E-state index in [0.717, 1.165) is 43.2 Å². The molecule has 0 amide bonds. The molecular formula is C16H23N5O. The van der Waals surface area contributed by atoms with Gasteiger partial charge in [0.2, 0.25) is 0 Å². The van der Waals surface area contributed by atoms with Crippen molar-refractivity contribution in [3.05, 3.63) is 30.5 Å². The average molecular weight is 301 g/mol. The molecule has 0 unspecified atom stereocenters. The molecule has 6 nitrogen and oxygen atoms in total. The van der Waals surface area contributed by atoms with Crippen molar-refractivity contribution in [2.75, 3.05) is 33.4 Å². The first-order chi connectivity index (χ1) is 10.8. The van der Waals surface area contributed by atoms with Gasteiger partial charge in [-0.05, 0) is 19.4 Å². The molecule has 0 radical (unpaired) electrons. The fourth-order valence-electron chi connectivity index (χ4n) is 2.99. The summed E-state index contributed by atoms with van der Waals surface area (Å²) in [5.41, 5.74) is 3.01. The highest BCUT2D eigenvalue weighted by Gasteiger charge is 2.22. The van der Waals surface area contributed by atoms with Crippen LogP contribution in [0, 0.1) is 0 Å². The lowest BCUT2D eigenvalue weighted by molar-refractivity contribution is 0.127. The number of methoxy groups -OCH3 is 1. The van der Waals surface area contributed by atoms with E-state index in [9.17, 15) is 0 Å². The number of rotatable bonds is 5. The number of ether oxygens (including phenoxy) is 1. The van der Waals surface area contributed by atoms with Gasteiger partial charge < -0.3 is 9.64 Å². The minimum Gasteiger partial charge on any atom is -0.383 e. The number of aromatic nitrogens is 4. The highest BCUT2D eigenvalue weighted by atomic mass is 16.5. The number of likely N-dealkylation sites (tertiary alicyclic amines) is 1. The molecule has 1 fully saturated rings. The molecule has 0 aromatic carbocycles. The monoisotopic (exact) mass is 301 g/mol. The number of hydrogen-bond donors (Lipinski definition) is 0. The standard InChI is InChI=1S/C16H23N5O/c1-20-11-14(8-18-20)16-10-17-9-15(19-16)13-4-3-5-21(12-13)6-7-22-2/h8-11,13H,3-7,12H2,1-2H3/t13-/m1/s1. The second kappa shape index (κ2) is 6.98. The maximum atomic E-state index is 5.19. The molecule has 6 heteroatoms. The van der Waals surface area contributed by atoms with Crippen LogP contribution in [-0.4, -0.2) is 58.0 Å². The number of piperidine rings is 1. The van der Waals surface area contributed by atoms with E-state index in [1.165, 1.54) is 12.8 Å². The van der Waals surface area contributed by atoms with Crippen LogP contribution in [0.3, 0.4) is 0 Å². The third-order valence-corrected chi connectivity index (χ3v) is 4.19. The Balaban J connectivity index is 1.74. The van der Waals surface area contributed by atoms with Crippen molar-refractivity contribution in [2.24, 2.45) is 7.05 Å². The quantitative estimate of drug-likeness (QED) is 0.841. The van der Waals surface area contributed by atoms with Gasteiger partial charge in [0.15, 0.2) is 0 Å². The van der Waals surface area contributed by atoms with E-state index in [2.05, 4.69) is 15.0 Å². The number of hydrogen-bond acceptors (Lipinski definition) is 5. The molecule has 3 heterocycles. The van der Waals surface area contributed by atoms with Crippen LogP contribution in [0.4, 0.5) is 0 Å². The summed E-state index contributed by atoms with van der Waals surface area (Å²) >= 11 is 0. The predicted octanol–water partition coefficient (Wildman–Crippen LogP) is 1.70. The highest BCUT2D eigenvalue weighted by molar-refractivity contribution is 5.55. The molecule has 0 aliphatic carbocycles. The van der Waals surface area contributed by atoms with E-state index in [-0.39, 0.29) is 0 Å². The van der Waals surface area contributed by atoms with Gasteiger partial charge in [-0.2, -0.15) is 5.10 Å². The van der Waals surface area contributed by atoms with Gasteiger partial charge in [-0.25, -0.2) is 4.98 Å². The SMILES string of the molecule is COCCN1CCC[C@@H](c2cncc(-c3cnn(C)c3)n2)C1. The van der Waals surface area contributed by atoms with Crippen LogP contribution < -0.4 is 0 Å². The summed E-state index contributed by atoms with van der Waals surface area (Å²) in [4.78, 5) is 11.7. The van der Waals surface area contributed by atoms with Gasteiger partial charge in [0.1, 0.15) is 0 Å². The van der Waals surface area contributed by atoms with E-state index < -0.39 is 0 Å². The van der Waals surface area contributed by atoms with Gasteiger partial charge in [-0.15, -0.1) is 0 Å². The van der Waals surface area contributed by atoms with Gasteiger partial charge in [-0.3, -0.25) is 9.67 Å². The van der Waals surface area contributed by atoms with Crippen LogP contribution >= 0.6 is 0 Å². The maximum absolute atomic E-state index is 5.19. The summed E-state index contributed by atoms with van der Waals surface area (Å²) in [5.74, 6) is 0.453. The van der Waals surface area contributed by atoms with Crippen LogP contribution in [0.5, 0.6) is 0 Å². The fraction of sp³-hybridized carbons (Fsp3) is 0.562. The summed E-state index contributed by atoms with van der Waals surface area (Å²) in [6, 6.07) is 0. The molecule has 2 aromatic rings. The minimum atomic E-state index is 0.453. The molecule has 1 aliphatic rings. The second-order valence-electron chi connectivity index (χ2n) is 5.86. The van der Waals surface area contributed by atoms with Gasteiger partial charge in [0.05, 0.1) is 30.4 Å². The first kappa shape index (κ1) is 15.1. The summed E-state index contributed by atoms with van der Waals surface area (Å²) in [5, 5.41) is 4.21. The predicted molar refractivity (Wildman–Crippen MR) is 84.5 cm³/mol. The summed E-state index contributed by atoms with van der Waals surface area (Å²) in [6.45, 7) is 3.96. The number of nitrogens with zero attached hydrogens (tertiary/aromatic N) is 5. The van der Waals surface area contributed by atoms with Gasteiger partial charge in [-0.1, -0.05) is 0 Å². The van der Waals surface area contributed by atoms with Crippen molar-refractivity contribution in [2.45, 2.75) is 18.8 Å². The van der Waals surface area contributed by atoms with Crippen molar-refractivity contribution in [1.29, 1.82) is 0 Å². The van der Waals surface area contributed by atoms with Crippen LogP contribution in [0.25, 0.3) is 11.3 Å². The first-order valence-corrected chi connectivity index (χ1v) is 7.78. The summed E-state index contributed by atoms with van der Waals surface area (Å²) in [7, 11) is 3.67. The largest absolute Gasteiger partial charge is 0.383 e. The van der Waals surface area contributed by atoms with Crippen molar-refractivity contribution in [3.63, 3.8) is 0 Å². The van der Waals surface area contributed by atoms with Gasteiger partial charge >= 0.3 is 0 Å². The van der Waals surface area contributed by atoms with Gasteiger partial charge in [0, 0.05) is 51.1 Å². The molecule has 118 valence electrons. The Bertz CT molecular complexity index is 612. The third kappa shape index (κ3) is 3.51. The Hall–Kier alpha value is -1.79. The molecule has 1 aliphatic heterocycles. The Labute approximate surface area is 131 Å². The van der Waals surface area contributed by atoms with Crippen molar-refractivity contribution in [1.82, 2.24) is 24.6 Å². The van der Waals surface area contributed by atoms with Crippen LogP contribution in [-0.2, 0) is 11.8 Å². The Morgan fingerprint density at radius 2 is 2.23 bits per heavy atom. The Kier molecular flexibility index (Phi) is 4.80. The van der Waals surface area contributed by atoms with E-state index in [1.54, 1.807) is 11.8 Å². The molecule has 0 bridgehead atoms. The van der Waals surface area contributed by atoms with Crippen LogP contribution in [0.1, 0.15) is 24.5 Å². The smallest absolute Gasteiger partial charge is 0.0920 e. The Morgan fingerprint density at radius 1 is 1.32 bits per heavy atom. The lowest BCUT2D eigenvalue weighted by Gasteiger charge is -2.32. The molecule has 0 N–H and O–H groups in total. The molecule has 3 rings (SSSR count). The molecular weight excluding hydrogens is 278 g/mol. The summed E-state index contributed by atoms with van der Waals surface area (Å²) < 4.78 is 6.97. The number of aryl methyl sites for hydroxylation is 1. The molecule has 2 aromatic heterocycles. The zero-order valence-corrected chi connectivity index (χ0v) is 13.3. The van der Waals surface area contributed by atoms with Crippen LogP contribution in [0.2, 0.25) is 0 Å². The minimum absolute atomic E-state index is 0.453. The first-order valence-electron chi connectivity index (χ1n) is 7.78. The molecule has 1 saturated heterocycles. The van der Waals surface area contributed by atoms with E-state index in [0.29, 0.717) is 5.92 Å². The second-order valence-corrected chi connectivity index (χ2v) is 5.86. The van der Waals surface area contributed by atoms with E-state index in [4.69, 9.17) is 9.72 Å². The normalized spacial score (nSPS) is 19.5.